The van der Waals surface area contributed by atoms with E-state index in [1.54, 1.807) is 13.2 Å². The van der Waals surface area contributed by atoms with Crippen molar-refractivity contribution < 1.29 is 19.4 Å². The molecule has 1 aliphatic rings. The molecular weight excluding hydrogens is 376 g/mol. The maximum absolute atomic E-state index is 10.8. The third kappa shape index (κ3) is 4.23. The molecule has 0 saturated carbocycles. The van der Waals surface area contributed by atoms with Crippen molar-refractivity contribution in [3.8, 4) is 22.6 Å². The van der Waals surface area contributed by atoms with Crippen LogP contribution in [0.4, 0.5) is 0 Å². The number of carboxylic acids is 1. The first-order chi connectivity index (χ1) is 14.5. The van der Waals surface area contributed by atoms with E-state index in [1.165, 1.54) is 27.8 Å². The summed E-state index contributed by atoms with van der Waals surface area (Å²) in [5, 5.41) is 8.88. The Morgan fingerprint density at radius 3 is 2.67 bits per heavy atom. The summed E-state index contributed by atoms with van der Waals surface area (Å²) >= 11 is 0. The first kappa shape index (κ1) is 19.8. The van der Waals surface area contributed by atoms with Gasteiger partial charge < -0.3 is 14.6 Å². The average molecular weight is 400 g/mol. The Labute approximate surface area is 176 Å². The van der Waals surface area contributed by atoms with Crippen LogP contribution in [0.5, 0.6) is 11.5 Å². The molecule has 1 N–H and O–H groups in total. The molecule has 0 aliphatic heterocycles. The zero-order valence-electron chi connectivity index (χ0n) is 17.1. The minimum absolute atomic E-state index is 0.351. The lowest BCUT2D eigenvalue weighted by Gasteiger charge is -2.15. The van der Waals surface area contributed by atoms with Crippen molar-refractivity contribution in [2.45, 2.75) is 19.8 Å². The van der Waals surface area contributed by atoms with Crippen LogP contribution in [0.2, 0.25) is 0 Å². The van der Waals surface area contributed by atoms with E-state index in [-0.39, 0.29) is 6.61 Å². The third-order valence-electron chi connectivity index (χ3n) is 5.29. The van der Waals surface area contributed by atoms with Crippen LogP contribution in [0.3, 0.4) is 0 Å². The van der Waals surface area contributed by atoms with Gasteiger partial charge in [-0.05, 0) is 83.0 Å². The molecule has 4 nitrogen and oxygen atoms in total. The number of fused-ring (bicyclic) bond motifs is 1. The van der Waals surface area contributed by atoms with E-state index in [2.05, 4.69) is 43.3 Å². The van der Waals surface area contributed by atoms with Gasteiger partial charge in [0.2, 0.25) is 0 Å². The van der Waals surface area contributed by atoms with E-state index in [1.807, 2.05) is 24.3 Å². The molecule has 0 radical (unpaired) electrons. The van der Waals surface area contributed by atoms with Gasteiger partial charge in [-0.25, -0.2) is 4.79 Å². The second-order valence-electron chi connectivity index (χ2n) is 7.52. The normalized spacial score (nSPS) is 12.3. The molecule has 0 atom stereocenters. The van der Waals surface area contributed by atoms with Gasteiger partial charge in [-0.3, -0.25) is 0 Å². The van der Waals surface area contributed by atoms with Crippen molar-refractivity contribution in [1.82, 2.24) is 0 Å². The molecule has 0 fully saturated rings. The Bertz CT molecular complexity index is 1130. The number of hydrogen-bond donors (Lipinski definition) is 1. The number of rotatable bonds is 7. The maximum Gasteiger partial charge on any atom is 0.341 e. The van der Waals surface area contributed by atoms with E-state index >= 15 is 0 Å². The molecule has 0 unspecified atom stereocenters. The second kappa shape index (κ2) is 8.46. The lowest BCUT2D eigenvalue weighted by atomic mass is 9.91. The number of benzene rings is 3. The molecule has 0 spiro atoms. The van der Waals surface area contributed by atoms with Gasteiger partial charge in [0.05, 0.1) is 7.11 Å². The smallest absolute Gasteiger partial charge is 0.341 e. The van der Waals surface area contributed by atoms with E-state index in [4.69, 9.17) is 14.6 Å². The van der Waals surface area contributed by atoms with E-state index in [0.29, 0.717) is 5.75 Å². The Morgan fingerprint density at radius 2 is 1.87 bits per heavy atom. The molecular formula is C26H24O4. The summed E-state index contributed by atoms with van der Waals surface area (Å²) in [6.07, 6.45) is 4.04. The quantitative estimate of drug-likeness (QED) is 0.583. The molecule has 4 heteroatoms. The highest BCUT2D eigenvalue weighted by molar-refractivity contribution is 5.87. The maximum atomic E-state index is 10.8. The van der Waals surface area contributed by atoms with Gasteiger partial charge in [0.25, 0.3) is 0 Å². The van der Waals surface area contributed by atoms with Crippen LogP contribution in [-0.2, 0) is 17.6 Å². The third-order valence-corrected chi connectivity index (χ3v) is 5.29. The van der Waals surface area contributed by atoms with Gasteiger partial charge in [-0.2, -0.15) is 0 Å². The van der Waals surface area contributed by atoms with Crippen LogP contribution < -0.4 is 9.47 Å². The fourth-order valence-corrected chi connectivity index (χ4v) is 4.05. The van der Waals surface area contributed by atoms with Gasteiger partial charge in [0.1, 0.15) is 11.5 Å². The summed E-state index contributed by atoms with van der Waals surface area (Å²) in [5.41, 5.74) is 8.41. The van der Waals surface area contributed by atoms with Crippen LogP contribution in [0.25, 0.3) is 16.7 Å². The first-order valence-corrected chi connectivity index (χ1v) is 9.94. The summed E-state index contributed by atoms with van der Waals surface area (Å²) in [7, 11) is 1.69. The largest absolute Gasteiger partial charge is 0.497 e. The number of carboxylic acid groups (broad SMARTS) is 1. The summed E-state index contributed by atoms with van der Waals surface area (Å²) in [6.45, 7) is 1.73. The number of aryl methyl sites for hydroxylation is 1. The lowest BCUT2D eigenvalue weighted by molar-refractivity contribution is -0.139. The fraction of sp³-hybridized carbons (Fsp3) is 0.192. The summed E-state index contributed by atoms with van der Waals surface area (Å²) < 4.78 is 10.8. The SMILES string of the molecule is COc1cc(C)cc(CC2=CCc3cccc(-c4cccc(OCC(=O)O)c4)c32)c1. The molecule has 1 aliphatic carbocycles. The van der Waals surface area contributed by atoms with Gasteiger partial charge in [-0.1, -0.05) is 42.5 Å². The molecule has 3 aromatic carbocycles. The van der Waals surface area contributed by atoms with Crippen molar-refractivity contribution in [3.05, 3.63) is 89.0 Å². The number of methoxy groups -OCH3 is 1. The van der Waals surface area contributed by atoms with Gasteiger partial charge in [0.15, 0.2) is 6.61 Å². The monoisotopic (exact) mass is 400 g/mol. The zero-order chi connectivity index (χ0) is 21.1. The highest BCUT2D eigenvalue weighted by Gasteiger charge is 2.19. The number of ether oxygens (including phenoxy) is 2. The summed E-state index contributed by atoms with van der Waals surface area (Å²) in [4.78, 5) is 10.8. The average Bonchev–Trinajstić information content (AvgIpc) is 3.15. The van der Waals surface area contributed by atoms with Crippen molar-refractivity contribution in [2.24, 2.45) is 0 Å². The molecule has 152 valence electrons. The molecule has 0 aromatic heterocycles. The van der Waals surface area contributed by atoms with Crippen LogP contribution >= 0.6 is 0 Å². The van der Waals surface area contributed by atoms with E-state index in [0.717, 1.165) is 29.7 Å². The lowest BCUT2D eigenvalue weighted by Crippen LogP contribution is -2.09. The first-order valence-electron chi connectivity index (χ1n) is 9.94. The van der Waals surface area contributed by atoms with Gasteiger partial charge in [0, 0.05) is 0 Å². The Kier molecular flexibility index (Phi) is 5.57. The number of hydrogen-bond acceptors (Lipinski definition) is 3. The van der Waals surface area contributed by atoms with Crippen LogP contribution in [0.15, 0.2) is 66.7 Å². The zero-order valence-corrected chi connectivity index (χ0v) is 17.1. The minimum Gasteiger partial charge on any atom is -0.497 e. The van der Waals surface area contributed by atoms with Crippen LogP contribution in [0, 0.1) is 6.92 Å². The molecule has 4 rings (SSSR count). The Balaban J connectivity index is 1.68. The standard InChI is InChI=1S/C26H24O4/c1-17-11-18(14-23(12-17)29-2)13-21-10-9-19-5-4-8-24(26(19)21)20-6-3-7-22(15-20)30-16-25(27)28/h3-8,10-12,14-15H,9,13,16H2,1-2H3,(H,27,28). The number of carbonyl (C=O) groups is 1. The molecule has 0 heterocycles. The van der Waals surface area contributed by atoms with Crippen molar-refractivity contribution >= 4 is 11.5 Å². The molecule has 0 amide bonds. The molecule has 30 heavy (non-hydrogen) atoms. The Hall–Kier alpha value is -3.53. The van der Waals surface area contributed by atoms with Crippen molar-refractivity contribution in [3.63, 3.8) is 0 Å². The summed E-state index contributed by atoms with van der Waals surface area (Å²) in [5.74, 6) is 0.444. The van der Waals surface area contributed by atoms with Crippen molar-refractivity contribution in [1.29, 1.82) is 0 Å². The fourth-order valence-electron chi connectivity index (χ4n) is 4.05. The van der Waals surface area contributed by atoms with Gasteiger partial charge >= 0.3 is 5.97 Å². The topological polar surface area (TPSA) is 55.8 Å². The number of aliphatic carboxylic acids is 1. The molecule has 3 aromatic rings. The van der Waals surface area contributed by atoms with Crippen molar-refractivity contribution in [2.75, 3.05) is 13.7 Å². The highest BCUT2D eigenvalue weighted by atomic mass is 16.5. The second-order valence-corrected chi connectivity index (χ2v) is 7.52. The highest BCUT2D eigenvalue weighted by Crippen LogP contribution is 2.39. The van der Waals surface area contributed by atoms with Crippen LogP contribution in [0.1, 0.15) is 22.3 Å². The molecule has 0 bridgehead atoms. The predicted octanol–water partition coefficient (Wildman–Crippen LogP) is 5.32. The Morgan fingerprint density at radius 1 is 1.03 bits per heavy atom. The van der Waals surface area contributed by atoms with E-state index < -0.39 is 5.97 Å². The number of allylic oxidation sites excluding steroid dienone is 2. The minimum atomic E-state index is -0.986. The molecule has 0 saturated heterocycles. The van der Waals surface area contributed by atoms with Gasteiger partial charge in [-0.15, -0.1) is 0 Å². The van der Waals surface area contributed by atoms with Crippen LogP contribution in [-0.4, -0.2) is 24.8 Å². The van der Waals surface area contributed by atoms with E-state index in [9.17, 15) is 4.79 Å². The predicted molar refractivity (Wildman–Crippen MR) is 118 cm³/mol. The summed E-state index contributed by atoms with van der Waals surface area (Å²) in [6, 6.07) is 20.3.